The van der Waals surface area contributed by atoms with Crippen LogP contribution < -0.4 is 0 Å². The fourth-order valence-corrected chi connectivity index (χ4v) is 2.81. The summed E-state index contributed by atoms with van der Waals surface area (Å²) < 4.78 is 5.79. The van der Waals surface area contributed by atoms with Crippen LogP contribution in [0.3, 0.4) is 0 Å². The average Bonchev–Trinajstić information content (AvgIpc) is 2.50. The maximum atomic E-state index is 5.79. The highest BCUT2D eigenvalue weighted by atomic mass is 16.5. The van der Waals surface area contributed by atoms with E-state index in [0.29, 0.717) is 17.8 Å². The summed E-state index contributed by atoms with van der Waals surface area (Å²) in [5.74, 6) is 1.81. The third-order valence-electron chi connectivity index (χ3n) is 3.84. The number of hydrogen-bond donors (Lipinski definition) is 0. The zero-order valence-electron chi connectivity index (χ0n) is 11.5. The topological polar surface area (TPSA) is 9.23 Å². The van der Waals surface area contributed by atoms with Crippen molar-refractivity contribution in [3.63, 3.8) is 0 Å². The van der Waals surface area contributed by atoms with Gasteiger partial charge in [0, 0.05) is 5.92 Å². The van der Waals surface area contributed by atoms with Gasteiger partial charge in [-0.1, -0.05) is 45.9 Å². The summed E-state index contributed by atoms with van der Waals surface area (Å²) in [6, 6.07) is 6.78. The van der Waals surface area contributed by atoms with E-state index in [1.165, 1.54) is 11.1 Å². The molecule has 0 N–H and O–H groups in total. The average molecular weight is 232 g/mol. The highest BCUT2D eigenvalue weighted by molar-refractivity contribution is 5.41. The molecule has 0 bridgehead atoms. The van der Waals surface area contributed by atoms with Crippen molar-refractivity contribution in [2.75, 3.05) is 13.2 Å². The second-order valence-corrected chi connectivity index (χ2v) is 5.75. The van der Waals surface area contributed by atoms with Gasteiger partial charge in [0.2, 0.25) is 0 Å². The first-order valence-electron chi connectivity index (χ1n) is 6.80. The molecule has 0 spiro atoms. The molecule has 1 aliphatic heterocycles. The third kappa shape index (κ3) is 2.55. The van der Waals surface area contributed by atoms with Gasteiger partial charge in [-0.25, -0.2) is 0 Å². The number of fused-ring (bicyclic) bond motifs is 1. The lowest BCUT2D eigenvalue weighted by Gasteiger charge is -2.25. The Hall–Kier alpha value is -0.820. The molecular weight excluding hydrogens is 208 g/mol. The molecule has 17 heavy (non-hydrogen) atoms. The Labute approximate surface area is 105 Å². The van der Waals surface area contributed by atoms with Crippen molar-refractivity contribution in [3.8, 4) is 0 Å². The van der Waals surface area contributed by atoms with Crippen LogP contribution in [-0.4, -0.2) is 13.2 Å². The van der Waals surface area contributed by atoms with Gasteiger partial charge in [0.05, 0.1) is 13.2 Å². The van der Waals surface area contributed by atoms with E-state index in [1.54, 1.807) is 5.56 Å². The maximum absolute atomic E-state index is 5.79. The smallest absolute Gasteiger partial charge is 0.0537 e. The van der Waals surface area contributed by atoms with E-state index >= 15 is 0 Å². The van der Waals surface area contributed by atoms with Gasteiger partial charge < -0.3 is 4.74 Å². The van der Waals surface area contributed by atoms with Crippen LogP contribution in [0.5, 0.6) is 0 Å². The molecule has 0 saturated carbocycles. The molecule has 0 amide bonds. The molecule has 1 nitrogen and oxygen atoms in total. The molecule has 0 saturated heterocycles. The molecule has 0 radical (unpaired) electrons. The highest BCUT2D eigenvalue weighted by Crippen LogP contribution is 2.35. The van der Waals surface area contributed by atoms with E-state index < -0.39 is 0 Å². The van der Waals surface area contributed by atoms with Gasteiger partial charge in [0.1, 0.15) is 0 Å². The van der Waals surface area contributed by atoms with E-state index in [-0.39, 0.29) is 0 Å². The van der Waals surface area contributed by atoms with Crippen molar-refractivity contribution in [1.29, 1.82) is 0 Å². The molecule has 1 aromatic carbocycles. The fraction of sp³-hybridized carbons (Fsp3) is 0.625. The Morgan fingerprint density at radius 1 is 1.18 bits per heavy atom. The van der Waals surface area contributed by atoms with Crippen LogP contribution in [-0.2, 0) is 11.2 Å². The van der Waals surface area contributed by atoms with Crippen LogP contribution in [0.1, 0.15) is 56.2 Å². The van der Waals surface area contributed by atoms with Crippen LogP contribution in [0.15, 0.2) is 18.2 Å². The van der Waals surface area contributed by atoms with E-state index in [9.17, 15) is 0 Å². The Kier molecular flexibility index (Phi) is 3.88. The first-order valence-corrected chi connectivity index (χ1v) is 6.80. The van der Waals surface area contributed by atoms with Crippen LogP contribution >= 0.6 is 0 Å². The van der Waals surface area contributed by atoms with Crippen molar-refractivity contribution in [2.24, 2.45) is 5.92 Å². The Morgan fingerprint density at radius 2 is 1.94 bits per heavy atom. The largest absolute Gasteiger partial charge is 0.380 e. The van der Waals surface area contributed by atoms with Crippen LogP contribution in [0.4, 0.5) is 0 Å². The van der Waals surface area contributed by atoms with Gasteiger partial charge in [-0.05, 0) is 34.9 Å². The summed E-state index contributed by atoms with van der Waals surface area (Å²) in [5, 5.41) is 0. The summed E-state index contributed by atoms with van der Waals surface area (Å²) >= 11 is 0. The van der Waals surface area contributed by atoms with Crippen molar-refractivity contribution in [2.45, 2.75) is 46.0 Å². The normalized spacial score (nSPS) is 20.5. The summed E-state index contributed by atoms with van der Waals surface area (Å²) in [6.07, 6.45) is 1.07. The Morgan fingerprint density at radius 3 is 2.59 bits per heavy atom. The standard InChI is InChI=1S/C16H24O/c1-11(2)14-7-5-6-13-8-9-17-10-15(12(3)4)16(13)14/h5-7,11-12,15H,8-10H2,1-4H3. The molecule has 1 aromatic rings. The molecule has 1 unspecified atom stereocenters. The molecule has 2 rings (SSSR count). The van der Waals surface area contributed by atoms with Crippen molar-refractivity contribution in [3.05, 3.63) is 34.9 Å². The molecule has 0 aliphatic carbocycles. The van der Waals surface area contributed by atoms with E-state index in [0.717, 1.165) is 19.6 Å². The maximum Gasteiger partial charge on any atom is 0.0537 e. The summed E-state index contributed by atoms with van der Waals surface area (Å²) in [4.78, 5) is 0. The zero-order chi connectivity index (χ0) is 12.4. The van der Waals surface area contributed by atoms with Crippen LogP contribution in [0.25, 0.3) is 0 Å². The predicted molar refractivity (Wildman–Crippen MR) is 72.6 cm³/mol. The highest BCUT2D eigenvalue weighted by Gasteiger charge is 2.25. The molecule has 1 atom stereocenters. The van der Waals surface area contributed by atoms with Crippen LogP contribution in [0, 0.1) is 5.92 Å². The SMILES string of the molecule is CC(C)c1cccc2c1C(C(C)C)COCC2. The van der Waals surface area contributed by atoms with E-state index in [1.807, 2.05) is 0 Å². The van der Waals surface area contributed by atoms with Crippen molar-refractivity contribution in [1.82, 2.24) is 0 Å². The van der Waals surface area contributed by atoms with Gasteiger partial charge in [0.25, 0.3) is 0 Å². The van der Waals surface area contributed by atoms with Gasteiger partial charge in [-0.3, -0.25) is 0 Å². The minimum Gasteiger partial charge on any atom is -0.380 e. The van der Waals surface area contributed by atoms with Crippen molar-refractivity contribution >= 4 is 0 Å². The number of benzene rings is 1. The second-order valence-electron chi connectivity index (χ2n) is 5.75. The van der Waals surface area contributed by atoms with Gasteiger partial charge in [0.15, 0.2) is 0 Å². The zero-order valence-corrected chi connectivity index (χ0v) is 11.5. The minimum atomic E-state index is 0.561. The van der Waals surface area contributed by atoms with Gasteiger partial charge in [-0.15, -0.1) is 0 Å². The van der Waals surface area contributed by atoms with E-state index in [2.05, 4.69) is 45.9 Å². The minimum absolute atomic E-state index is 0.561. The first-order chi connectivity index (χ1) is 8.11. The molecule has 1 heteroatoms. The quantitative estimate of drug-likeness (QED) is 0.745. The predicted octanol–water partition coefficient (Wildman–Crippen LogP) is 4.12. The lowest BCUT2D eigenvalue weighted by atomic mass is 9.80. The monoisotopic (exact) mass is 232 g/mol. The molecule has 0 fully saturated rings. The molecule has 1 heterocycles. The number of hydrogen-bond acceptors (Lipinski definition) is 1. The Bertz CT molecular complexity index is 379. The number of rotatable bonds is 2. The third-order valence-corrected chi connectivity index (χ3v) is 3.84. The van der Waals surface area contributed by atoms with Gasteiger partial charge >= 0.3 is 0 Å². The second kappa shape index (κ2) is 5.22. The molecular formula is C16H24O. The van der Waals surface area contributed by atoms with Gasteiger partial charge in [-0.2, -0.15) is 0 Å². The Balaban J connectivity index is 2.52. The lowest BCUT2D eigenvalue weighted by molar-refractivity contribution is 0.118. The van der Waals surface area contributed by atoms with Crippen LogP contribution in [0.2, 0.25) is 0 Å². The molecule has 0 aromatic heterocycles. The number of ether oxygens (including phenoxy) is 1. The first kappa shape index (κ1) is 12.6. The fourth-order valence-electron chi connectivity index (χ4n) is 2.81. The summed E-state index contributed by atoms with van der Waals surface area (Å²) in [7, 11) is 0. The van der Waals surface area contributed by atoms with Crippen molar-refractivity contribution < 1.29 is 4.74 Å². The molecule has 94 valence electrons. The summed E-state index contributed by atoms with van der Waals surface area (Å²) in [6.45, 7) is 10.9. The van der Waals surface area contributed by atoms with E-state index in [4.69, 9.17) is 4.74 Å². The summed E-state index contributed by atoms with van der Waals surface area (Å²) in [5.41, 5.74) is 4.61. The lowest BCUT2D eigenvalue weighted by Crippen LogP contribution is -2.15. The molecule has 1 aliphatic rings.